The van der Waals surface area contributed by atoms with Crippen LogP contribution in [0.3, 0.4) is 0 Å². The second-order valence-electron chi connectivity index (χ2n) is 8.52. The summed E-state index contributed by atoms with van der Waals surface area (Å²) in [5, 5.41) is 5.98. The van der Waals surface area contributed by atoms with Crippen molar-refractivity contribution in [2.24, 2.45) is 11.8 Å². The van der Waals surface area contributed by atoms with Gasteiger partial charge in [0.05, 0.1) is 29.0 Å². The van der Waals surface area contributed by atoms with Crippen LogP contribution in [0.15, 0.2) is 42.6 Å². The highest BCUT2D eigenvalue weighted by Gasteiger charge is 2.56. The lowest BCUT2D eigenvalue weighted by Gasteiger charge is -2.48. The predicted octanol–water partition coefficient (Wildman–Crippen LogP) is 5.00. The van der Waals surface area contributed by atoms with Gasteiger partial charge < -0.3 is 16.0 Å². The molecule has 1 saturated heterocycles. The number of nitrogen functional groups attached to an aromatic ring is 1. The molecule has 180 valence electrons. The van der Waals surface area contributed by atoms with Crippen molar-refractivity contribution in [2.75, 3.05) is 16.0 Å². The van der Waals surface area contributed by atoms with Gasteiger partial charge in [0.1, 0.15) is 11.6 Å². The van der Waals surface area contributed by atoms with E-state index in [1.165, 1.54) is 11.0 Å². The summed E-state index contributed by atoms with van der Waals surface area (Å²) in [5.74, 6) is -2.84. The minimum absolute atomic E-state index is 0.00411. The molecule has 6 nitrogen and oxygen atoms in total. The topological polar surface area (TPSA) is 76.2 Å². The lowest BCUT2D eigenvalue weighted by molar-refractivity contribution is -0.212. The Morgan fingerprint density at radius 2 is 1.80 bits per heavy atom. The third-order valence-corrected chi connectivity index (χ3v) is 6.31. The highest BCUT2D eigenvalue weighted by atomic mass is 19.4. The number of aromatic nitrogens is 2. The maximum atomic E-state index is 15.3. The third kappa shape index (κ3) is 3.84. The average molecular weight is 487 g/mol. The van der Waals surface area contributed by atoms with Gasteiger partial charge in [0, 0.05) is 29.1 Å². The van der Waals surface area contributed by atoms with Crippen LogP contribution in [0.5, 0.6) is 0 Å². The first-order valence-corrected chi connectivity index (χ1v) is 10.7. The lowest BCUT2D eigenvalue weighted by atomic mass is 9.78. The molecule has 2 heterocycles. The Labute approximate surface area is 196 Å². The van der Waals surface area contributed by atoms with Gasteiger partial charge in [-0.15, -0.1) is 13.2 Å². The number of nitrogens with zero attached hydrogens (tertiary/aromatic N) is 3. The number of nitrogens with two attached hydrogens (primary N) is 1. The first kappa shape index (κ1) is 22.7. The fourth-order valence-electron chi connectivity index (χ4n) is 4.55. The van der Waals surface area contributed by atoms with Crippen molar-refractivity contribution in [1.82, 2.24) is 9.78 Å². The number of carbonyl (C=O) groups excluding carboxylic acids is 1. The summed E-state index contributed by atoms with van der Waals surface area (Å²) in [6, 6.07) is 8.81. The molecule has 11 heteroatoms. The summed E-state index contributed by atoms with van der Waals surface area (Å²) in [6.45, 7) is 0. The van der Waals surface area contributed by atoms with Crippen LogP contribution in [0.4, 0.5) is 39.0 Å². The van der Waals surface area contributed by atoms with Crippen molar-refractivity contribution in [2.45, 2.75) is 25.2 Å². The summed E-state index contributed by atoms with van der Waals surface area (Å²) in [6.07, 6.45) is 2.67. The molecule has 3 N–H and O–H groups in total. The second kappa shape index (κ2) is 8.01. The Hall–Kier alpha value is -4.07. The number of terminal acetylenes is 1. The molecule has 0 spiro atoms. The first-order chi connectivity index (χ1) is 16.6. The van der Waals surface area contributed by atoms with Crippen molar-refractivity contribution in [3.63, 3.8) is 0 Å². The Balaban J connectivity index is 1.53. The van der Waals surface area contributed by atoms with Gasteiger partial charge in [-0.1, -0.05) is 6.42 Å². The van der Waals surface area contributed by atoms with E-state index in [0.717, 1.165) is 31.0 Å². The van der Waals surface area contributed by atoms with Gasteiger partial charge >= 0.3 is 6.30 Å². The van der Waals surface area contributed by atoms with Gasteiger partial charge in [-0.05, 0) is 55.2 Å². The number of rotatable bonds is 5. The Morgan fingerprint density at radius 1 is 1.11 bits per heavy atom. The molecule has 1 aromatic heterocycles. The third-order valence-electron chi connectivity index (χ3n) is 6.31. The molecule has 0 bridgehead atoms. The van der Waals surface area contributed by atoms with E-state index in [4.69, 9.17) is 12.2 Å². The van der Waals surface area contributed by atoms with Crippen LogP contribution in [0, 0.1) is 35.9 Å². The number of carbonyl (C=O) groups is 1. The van der Waals surface area contributed by atoms with Crippen molar-refractivity contribution in [3.8, 4) is 23.7 Å². The van der Waals surface area contributed by atoms with Crippen molar-refractivity contribution >= 4 is 23.0 Å². The van der Waals surface area contributed by atoms with E-state index in [0.29, 0.717) is 17.6 Å². The number of nitrogens with one attached hydrogen (secondary N) is 1. The molecule has 1 amide bonds. The molecule has 1 aliphatic carbocycles. The summed E-state index contributed by atoms with van der Waals surface area (Å²) < 4.78 is 69.0. The van der Waals surface area contributed by atoms with Crippen LogP contribution in [0.25, 0.3) is 11.3 Å². The van der Waals surface area contributed by atoms with Crippen molar-refractivity contribution < 1.29 is 26.7 Å². The molecule has 1 saturated carbocycles. The average Bonchev–Trinajstić information content (AvgIpc) is 3.45. The standard InChI is InChI=1S/C24H18F5N5O/c1-2-31-19-6-5-14(11-17(19)30)34-22(20(23(34)35)12-3-4-12)21-15(25)9-13(10-16(21)26)18-7-8-33(32-18)24(27,28)29/h1,5-12,20,22,31H,3-4,30H2/t20?,22-/m1/s1. The zero-order chi connectivity index (χ0) is 25.1. The maximum Gasteiger partial charge on any atom is 0.504 e. The highest BCUT2D eigenvalue weighted by Crippen LogP contribution is 2.55. The zero-order valence-electron chi connectivity index (χ0n) is 18.0. The fraction of sp³-hybridized carbons (Fsp3) is 0.250. The lowest BCUT2D eigenvalue weighted by Crippen LogP contribution is -2.56. The van der Waals surface area contributed by atoms with Crippen LogP contribution in [-0.2, 0) is 11.1 Å². The van der Waals surface area contributed by atoms with E-state index in [1.54, 1.807) is 12.1 Å². The minimum atomic E-state index is -4.76. The first-order valence-electron chi connectivity index (χ1n) is 10.7. The van der Waals surface area contributed by atoms with Crippen LogP contribution in [0.1, 0.15) is 24.4 Å². The quantitative estimate of drug-likeness (QED) is 0.175. The van der Waals surface area contributed by atoms with Gasteiger partial charge in [0.2, 0.25) is 5.91 Å². The number of anilines is 3. The molecule has 3 aromatic rings. The van der Waals surface area contributed by atoms with E-state index >= 15 is 8.78 Å². The van der Waals surface area contributed by atoms with E-state index in [-0.39, 0.29) is 39.0 Å². The van der Waals surface area contributed by atoms with Gasteiger partial charge in [-0.2, -0.15) is 9.78 Å². The summed E-state index contributed by atoms with van der Waals surface area (Å²) in [4.78, 5) is 14.3. The largest absolute Gasteiger partial charge is 0.504 e. The molecule has 35 heavy (non-hydrogen) atoms. The Kier molecular flexibility index (Phi) is 5.20. The van der Waals surface area contributed by atoms with E-state index < -0.39 is 29.9 Å². The molecule has 0 radical (unpaired) electrons. The molecular formula is C24H18F5N5O. The van der Waals surface area contributed by atoms with Crippen LogP contribution < -0.4 is 16.0 Å². The van der Waals surface area contributed by atoms with Crippen LogP contribution >= 0.6 is 0 Å². The van der Waals surface area contributed by atoms with Crippen molar-refractivity contribution in [3.05, 3.63) is 59.8 Å². The number of halogens is 5. The number of hydrogen-bond acceptors (Lipinski definition) is 4. The van der Waals surface area contributed by atoms with E-state index in [9.17, 15) is 18.0 Å². The molecule has 2 atom stereocenters. The zero-order valence-corrected chi connectivity index (χ0v) is 18.0. The van der Waals surface area contributed by atoms with Crippen LogP contribution in [-0.4, -0.2) is 15.7 Å². The van der Waals surface area contributed by atoms with Crippen LogP contribution in [0.2, 0.25) is 0 Å². The molecular weight excluding hydrogens is 469 g/mol. The molecule has 2 fully saturated rings. The van der Waals surface area contributed by atoms with E-state index in [2.05, 4.69) is 16.5 Å². The summed E-state index contributed by atoms with van der Waals surface area (Å²) >= 11 is 0. The van der Waals surface area contributed by atoms with Gasteiger partial charge in [0.25, 0.3) is 0 Å². The maximum absolute atomic E-state index is 15.3. The monoisotopic (exact) mass is 487 g/mol. The predicted molar refractivity (Wildman–Crippen MR) is 119 cm³/mol. The van der Waals surface area contributed by atoms with Gasteiger partial charge in [0.15, 0.2) is 0 Å². The minimum Gasteiger partial charge on any atom is -0.397 e. The molecule has 5 rings (SSSR count). The fourth-order valence-corrected chi connectivity index (χ4v) is 4.55. The van der Waals surface area contributed by atoms with Gasteiger partial charge in [-0.25, -0.2) is 8.78 Å². The number of hydrogen-bond donors (Lipinski definition) is 2. The Bertz CT molecular complexity index is 1350. The van der Waals surface area contributed by atoms with E-state index in [1.807, 2.05) is 0 Å². The summed E-state index contributed by atoms with van der Waals surface area (Å²) in [7, 11) is 0. The normalized spacial score (nSPS) is 19.9. The molecule has 1 unspecified atom stereocenters. The SMILES string of the molecule is C#CNc1ccc(N2C(=O)C(C3CC3)[C@@H]2c2c(F)cc(-c3ccn(C(F)(F)F)n3)cc2F)cc1N. The highest BCUT2D eigenvalue weighted by molar-refractivity contribution is 6.04. The number of alkyl halides is 3. The number of β-lactam (4-membered cyclic amide) rings is 1. The van der Waals surface area contributed by atoms with Crippen molar-refractivity contribution in [1.29, 1.82) is 0 Å². The summed E-state index contributed by atoms with van der Waals surface area (Å²) in [5.41, 5.74) is 6.33. The second-order valence-corrected chi connectivity index (χ2v) is 8.52. The Morgan fingerprint density at radius 3 is 2.34 bits per heavy atom. The molecule has 2 aromatic carbocycles. The number of benzene rings is 2. The number of amides is 1. The molecule has 2 aliphatic rings. The smallest absolute Gasteiger partial charge is 0.397 e. The van der Waals surface area contributed by atoms with Gasteiger partial charge in [-0.3, -0.25) is 4.79 Å². The molecule has 1 aliphatic heterocycles.